The molecule has 2 heterocycles. The Bertz CT molecular complexity index is 782. The molecule has 0 spiro atoms. The summed E-state index contributed by atoms with van der Waals surface area (Å²) in [6.45, 7) is 6.78. The molecule has 2 aromatic heterocycles. The van der Waals surface area contributed by atoms with Crippen molar-refractivity contribution in [2.75, 3.05) is 7.05 Å². The van der Waals surface area contributed by atoms with Crippen LogP contribution in [0.3, 0.4) is 0 Å². The van der Waals surface area contributed by atoms with Gasteiger partial charge in [0.15, 0.2) is 0 Å². The summed E-state index contributed by atoms with van der Waals surface area (Å²) in [6.07, 6.45) is -4.56. The van der Waals surface area contributed by atoms with E-state index < -0.39 is 17.9 Å². The lowest BCUT2D eigenvalue weighted by Gasteiger charge is -2.25. The summed E-state index contributed by atoms with van der Waals surface area (Å²) < 4.78 is 38.5. The van der Waals surface area contributed by atoms with Gasteiger partial charge in [-0.05, 0) is 33.8 Å². The Hall–Kier alpha value is -2.65. The van der Waals surface area contributed by atoms with Gasteiger partial charge in [0.1, 0.15) is 11.5 Å². The van der Waals surface area contributed by atoms with Gasteiger partial charge in [-0.1, -0.05) is 0 Å². The molecule has 1 atom stereocenters. The Morgan fingerprint density at radius 2 is 1.96 bits per heavy atom. The SMILES string of the molecule is Cc1cc(C(F)(F)F)nc(CNC(=O)N(C)C(C)c2c(C)n[nH]c2C)n1. The van der Waals surface area contributed by atoms with E-state index in [0.29, 0.717) is 0 Å². The van der Waals surface area contributed by atoms with Crippen LogP contribution >= 0.6 is 0 Å². The monoisotopic (exact) mass is 370 g/mol. The van der Waals surface area contributed by atoms with Crippen LogP contribution in [0.2, 0.25) is 0 Å². The Balaban J connectivity index is 2.08. The fourth-order valence-corrected chi connectivity index (χ4v) is 2.68. The maximum absolute atomic E-state index is 12.8. The zero-order valence-electron chi connectivity index (χ0n) is 15.2. The second-order valence-corrected chi connectivity index (χ2v) is 6.10. The average Bonchev–Trinajstić information content (AvgIpc) is 2.88. The molecule has 0 aliphatic heterocycles. The summed E-state index contributed by atoms with van der Waals surface area (Å²) in [4.78, 5) is 21.2. The third kappa shape index (κ3) is 4.30. The maximum atomic E-state index is 12.8. The fraction of sp³-hybridized carbons (Fsp3) is 0.500. The first kappa shape index (κ1) is 19.7. The number of alkyl halides is 3. The van der Waals surface area contributed by atoms with E-state index in [1.807, 2.05) is 20.8 Å². The van der Waals surface area contributed by atoms with Gasteiger partial charge in [0, 0.05) is 24.0 Å². The second-order valence-electron chi connectivity index (χ2n) is 6.10. The maximum Gasteiger partial charge on any atom is 0.433 e. The van der Waals surface area contributed by atoms with Crippen molar-refractivity contribution in [2.24, 2.45) is 0 Å². The fourth-order valence-electron chi connectivity index (χ4n) is 2.68. The van der Waals surface area contributed by atoms with E-state index in [4.69, 9.17) is 0 Å². The highest BCUT2D eigenvalue weighted by Crippen LogP contribution is 2.28. The molecule has 0 saturated carbocycles. The number of rotatable bonds is 4. The first-order valence-corrected chi connectivity index (χ1v) is 7.94. The van der Waals surface area contributed by atoms with Crippen LogP contribution in [0.4, 0.5) is 18.0 Å². The second kappa shape index (κ2) is 7.30. The molecular formula is C16H21F3N6O. The van der Waals surface area contributed by atoms with Crippen molar-refractivity contribution in [3.8, 4) is 0 Å². The van der Waals surface area contributed by atoms with E-state index in [-0.39, 0.29) is 24.1 Å². The number of amides is 2. The number of halogens is 3. The number of carbonyl (C=O) groups is 1. The standard InChI is InChI=1S/C16H21F3N6O/c1-8-6-12(16(17,18)19)22-13(21-8)7-20-15(26)25(5)11(4)14-9(2)23-24-10(14)3/h6,11H,7H2,1-5H3,(H,20,26)(H,23,24). The Labute approximate surface area is 149 Å². The van der Waals surface area contributed by atoms with E-state index in [1.165, 1.54) is 11.8 Å². The molecule has 0 fully saturated rings. The smallest absolute Gasteiger partial charge is 0.331 e. The van der Waals surface area contributed by atoms with Gasteiger partial charge >= 0.3 is 12.2 Å². The van der Waals surface area contributed by atoms with E-state index in [9.17, 15) is 18.0 Å². The molecular weight excluding hydrogens is 349 g/mol. The van der Waals surface area contributed by atoms with Crippen LogP contribution in [-0.4, -0.2) is 38.1 Å². The van der Waals surface area contributed by atoms with Gasteiger partial charge in [0.2, 0.25) is 0 Å². The quantitative estimate of drug-likeness (QED) is 0.866. The van der Waals surface area contributed by atoms with Crippen LogP contribution in [0, 0.1) is 20.8 Å². The minimum Gasteiger partial charge on any atom is -0.331 e. The highest BCUT2D eigenvalue weighted by Gasteiger charge is 2.33. The molecule has 0 bridgehead atoms. The van der Waals surface area contributed by atoms with Crippen molar-refractivity contribution in [3.63, 3.8) is 0 Å². The number of hydrogen-bond donors (Lipinski definition) is 2. The lowest BCUT2D eigenvalue weighted by molar-refractivity contribution is -0.141. The van der Waals surface area contributed by atoms with Crippen molar-refractivity contribution in [1.82, 2.24) is 30.4 Å². The lowest BCUT2D eigenvalue weighted by Crippen LogP contribution is -2.39. The van der Waals surface area contributed by atoms with Crippen LogP contribution < -0.4 is 5.32 Å². The first-order valence-electron chi connectivity index (χ1n) is 7.94. The van der Waals surface area contributed by atoms with Crippen LogP contribution in [0.1, 0.15) is 47.1 Å². The molecule has 7 nitrogen and oxygen atoms in total. The molecule has 10 heteroatoms. The summed E-state index contributed by atoms with van der Waals surface area (Å²) in [6, 6.07) is 0.151. The molecule has 2 aromatic rings. The van der Waals surface area contributed by atoms with Crippen LogP contribution in [0.5, 0.6) is 0 Å². The number of H-pyrrole nitrogens is 1. The van der Waals surface area contributed by atoms with Gasteiger partial charge in [0.05, 0.1) is 18.3 Å². The number of nitrogens with one attached hydrogen (secondary N) is 2. The molecule has 142 valence electrons. The molecule has 0 radical (unpaired) electrons. The Morgan fingerprint density at radius 1 is 1.31 bits per heavy atom. The highest BCUT2D eigenvalue weighted by molar-refractivity contribution is 5.74. The Kier molecular flexibility index (Phi) is 5.53. The molecule has 0 aliphatic carbocycles. The van der Waals surface area contributed by atoms with Gasteiger partial charge in [-0.3, -0.25) is 5.10 Å². The van der Waals surface area contributed by atoms with Gasteiger partial charge in [0.25, 0.3) is 0 Å². The molecule has 2 rings (SSSR count). The zero-order valence-corrected chi connectivity index (χ0v) is 15.2. The summed E-state index contributed by atoms with van der Waals surface area (Å²) in [7, 11) is 1.60. The number of nitrogens with zero attached hydrogens (tertiary/aromatic N) is 4. The van der Waals surface area contributed by atoms with Crippen molar-refractivity contribution in [1.29, 1.82) is 0 Å². The Morgan fingerprint density at radius 3 is 2.50 bits per heavy atom. The highest BCUT2D eigenvalue weighted by atomic mass is 19.4. The zero-order chi connectivity index (χ0) is 19.6. The van der Waals surface area contributed by atoms with E-state index in [0.717, 1.165) is 23.0 Å². The summed E-state index contributed by atoms with van der Waals surface area (Å²) in [5.41, 5.74) is 1.69. The van der Waals surface area contributed by atoms with Gasteiger partial charge in [-0.15, -0.1) is 0 Å². The normalized spacial score (nSPS) is 12.8. The van der Waals surface area contributed by atoms with E-state index in [2.05, 4.69) is 25.5 Å². The topological polar surface area (TPSA) is 86.8 Å². The van der Waals surface area contributed by atoms with Crippen LogP contribution in [0.15, 0.2) is 6.07 Å². The number of aromatic amines is 1. The van der Waals surface area contributed by atoms with Gasteiger partial charge < -0.3 is 10.2 Å². The minimum absolute atomic E-state index is 0.0950. The molecule has 2 N–H and O–H groups in total. The molecule has 26 heavy (non-hydrogen) atoms. The van der Waals surface area contributed by atoms with Gasteiger partial charge in [-0.25, -0.2) is 14.8 Å². The molecule has 0 saturated heterocycles. The minimum atomic E-state index is -4.56. The van der Waals surface area contributed by atoms with Crippen molar-refractivity contribution >= 4 is 6.03 Å². The predicted molar refractivity (Wildman–Crippen MR) is 88.2 cm³/mol. The van der Waals surface area contributed by atoms with Gasteiger partial charge in [-0.2, -0.15) is 18.3 Å². The largest absolute Gasteiger partial charge is 0.433 e. The van der Waals surface area contributed by atoms with Crippen molar-refractivity contribution in [2.45, 2.75) is 46.5 Å². The molecule has 0 aliphatic rings. The first-order chi connectivity index (χ1) is 12.0. The number of urea groups is 1. The number of aromatic nitrogens is 4. The number of aryl methyl sites for hydroxylation is 3. The third-order valence-corrected chi connectivity index (χ3v) is 4.09. The number of hydrogen-bond acceptors (Lipinski definition) is 4. The molecule has 0 aromatic carbocycles. The van der Waals surface area contributed by atoms with Crippen LogP contribution in [-0.2, 0) is 12.7 Å². The lowest BCUT2D eigenvalue weighted by atomic mass is 10.1. The van der Waals surface area contributed by atoms with Crippen molar-refractivity contribution in [3.05, 3.63) is 40.2 Å². The average molecular weight is 370 g/mol. The number of carbonyl (C=O) groups excluding carboxylic acids is 1. The van der Waals surface area contributed by atoms with Crippen molar-refractivity contribution < 1.29 is 18.0 Å². The van der Waals surface area contributed by atoms with Crippen LogP contribution in [0.25, 0.3) is 0 Å². The van der Waals surface area contributed by atoms with E-state index in [1.54, 1.807) is 7.05 Å². The third-order valence-electron chi connectivity index (χ3n) is 4.09. The molecule has 2 amide bonds. The summed E-state index contributed by atoms with van der Waals surface area (Å²) in [5, 5.41) is 9.52. The predicted octanol–water partition coefficient (Wildman–Crippen LogP) is 3.05. The molecule has 1 unspecified atom stereocenters. The summed E-state index contributed by atoms with van der Waals surface area (Å²) in [5.74, 6) is -0.0950. The summed E-state index contributed by atoms with van der Waals surface area (Å²) >= 11 is 0. The van der Waals surface area contributed by atoms with E-state index >= 15 is 0 Å².